The van der Waals surface area contributed by atoms with Gasteiger partial charge in [0, 0.05) is 25.6 Å². The van der Waals surface area contributed by atoms with E-state index < -0.39 is 0 Å². The molecule has 1 aliphatic carbocycles. The summed E-state index contributed by atoms with van der Waals surface area (Å²) in [7, 11) is 1.80. The van der Waals surface area contributed by atoms with Gasteiger partial charge in [0.2, 0.25) is 0 Å². The number of aliphatic hydroxyl groups is 1. The van der Waals surface area contributed by atoms with Crippen LogP contribution in [0.25, 0.3) is 0 Å². The summed E-state index contributed by atoms with van der Waals surface area (Å²) in [4.78, 5) is 12.5. The molecule has 1 saturated carbocycles. The highest BCUT2D eigenvalue weighted by Gasteiger charge is 2.26. The van der Waals surface area contributed by atoms with Crippen LogP contribution in [0.1, 0.15) is 68.1 Å². The van der Waals surface area contributed by atoms with E-state index >= 15 is 0 Å². The summed E-state index contributed by atoms with van der Waals surface area (Å²) < 4.78 is 1.65. The van der Waals surface area contributed by atoms with Crippen LogP contribution in [0.5, 0.6) is 0 Å². The molecule has 1 aromatic heterocycles. The van der Waals surface area contributed by atoms with Gasteiger partial charge in [-0.2, -0.15) is 5.10 Å². The highest BCUT2D eigenvalue weighted by atomic mass is 16.3. The summed E-state index contributed by atoms with van der Waals surface area (Å²) in [6.45, 7) is 4.28. The number of hydrogen-bond donors (Lipinski definition) is 2. The van der Waals surface area contributed by atoms with Gasteiger partial charge in [0.25, 0.3) is 5.91 Å². The van der Waals surface area contributed by atoms with E-state index in [0.717, 1.165) is 31.4 Å². The van der Waals surface area contributed by atoms with Crippen molar-refractivity contribution in [3.05, 3.63) is 17.5 Å². The van der Waals surface area contributed by atoms with Crippen molar-refractivity contribution in [2.75, 3.05) is 6.61 Å². The van der Waals surface area contributed by atoms with Gasteiger partial charge in [-0.05, 0) is 24.8 Å². The topological polar surface area (TPSA) is 67.2 Å². The Hall–Kier alpha value is -1.36. The minimum absolute atomic E-state index is 0.0717. The van der Waals surface area contributed by atoms with Crippen molar-refractivity contribution in [3.63, 3.8) is 0 Å². The van der Waals surface area contributed by atoms with E-state index in [1.807, 2.05) is 6.07 Å². The van der Waals surface area contributed by atoms with Gasteiger partial charge in [0.15, 0.2) is 0 Å². The number of nitrogens with zero attached hydrogens (tertiary/aromatic N) is 2. The van der Waals surface area contributed by atoms with Gasteiger partial charge in [0.05, 0.1) is 5.69 Å². The van der Waals surface area contributed by atoms with E-state index in [1.54, 1.807) is 11.7 Å². The van der Waals surface area contributed by atoms with Crippen molar-refractivity contribution in [2.45, 2.75) is 57.9 Å². The number of aromatic nitrogens is 2. The smallest absolute Gasteiger partial charge is 0.269 e. The first-order valence-corrected chi connectivity index (χ1v) is 7.98. The van der Waals surface area contributed by atoms with Crippen LogP contribution in [0, 0.1) is 5.92 Å². The largest absolute Gasteiger partial charge is 0.396 e. The summed E-state index contributed by atoms with van der Waals surface area (Å²) in [6.07, 6.45) is 5.38. The molecular weight excluding hydrogens is 266 g/mol. The van der Waals surface area contributed by atoms with E-state index in [-0.39, 0.29) is 24.5 Å². The molecule has 1 fully saturated rings. The first kappa shape index (κ1) is 16.0. The summed E-state index contributed by atoms with van der Waals surface area (Å²) in [5.41, 5.74) is 1.53. The van der Waals surface area contributed by atoms with E-state index in [1.165, 1.54) is 6.42 Å². The Balaban J connectivity index is 2.09. The van der Waals surface area contributed by atoms with Crippen LogP contribution in [0.15, 0.2) is 6.07 Å². The van der Waals surface area contributed by atoms with Crippen LogP contribution in [0.4, 0.5) is 0 Å². The lowest BCUT2D eigenvalue weighted by molar-refractivity contribution is 0.0890. The maximum absolute atomic E-state index is 12.5. The average molecular weight is 293 g/mol. The number of rotatable bonds is 4. The highest BCUT2D eigenvalue weighted by molar-refractivity contribution is 5.92. The molecule has 2 unspecified atom stereocenters. The lowest BCUT2D eigenvalue weighted by Crippen LogP contribution is -2.41. The number of carbonyl (C=O) groups is 1. The molecule has 1 amide bonds. The van der Waals surface area contributed by atoms with Gasteiger partial charge in [-0.1, -0.05) is 33.1 Å². The maximum Gasteiger partial charge on any atom is 0.269 e. The van der Waals surface area contributed by atoms with Gasteiger partial charge in [-0.15, -0.1) is 0 Å². The standard InChI is InChI=1S/C16H27N3O2/c1-11(2)14-9-15(19(3)18-14)16(21)17-13-8-6-4-5-7-12(13)10-20/h9,11-13,20H,4-8,10H2,1-3H3,(H,17,21). The highest BCUT2D eigenvalue weighted by Crippen LogP contribution is 2.23. The number of nitrogens with one attached hydrogen (secondary N) is 1. The fraction of sp³-hybridized carbons (Fsp3) is 0.750. The Labute approximate surface area is 126 Å². The monoisotopic (exact) mass is 293 g/mol. The SMILES string of the molecule is CC(C)c1cc(C(=O)NC2CCCCCC2CO)n(C)n1. The van der Waals surface area contributed by atoms with Crippen LogP contribution >= 0.6 is 0 Å². The van der Waals surface area contributed by atoms with Crippen molar-refractivity contribution < 1.29 is 9.90 Å². The predicted molar refractivity (Wildman–Crippen MR) is 82.2 cm³/mol. The molecule has 0 bridgehead atoms. The number of aliphatic hydroxyl groups excluding tert-OH is 1. The number of aryl methyl sites for hydroxylation is 1. The first-order valence-electron chi connectivity index (χ1n) is 7.98. The molecule has 1 aliphatic rings. The Kier molecular flexibility index (Phi) is 5.39. The molecule has 0 radical (unpaired) electrons. The average Bonchev–Trinajstić information content (AvgIpc) is 2.70. The zero-order valence-corrected chi connectivity index (χ0v) is 13.3. The van der Waals surface area contributed by atoms with Crippen LogP contribution in [0.3, 0.4) is 0 Å². The molecule has 2 N–H and O–H groups in total. The number of hydrogen-bond acceptors (Lipinski definition) is 3. The third kappa shape index (κ3) is 3.84. The van der Waals surface area contributed by atoms with Crippen LogP contribution in [0.2, 0.25) is 0 Å². The van der Waals surface area contributed by atoms with E-state index in [4.69, 9.17) is 0 Å². The van der Waals surface area contributed by atoms with Gasteiger partial charge >= 0.3 is 0 Å². The summed E-state index contributed by atoms with van der Waals surface area (Å²) in [5.74, 6) is 0.400. The predicted octanol–water partition coefficient (Wildman–Crippen LogP) is 2.21. The van der Waals surface area contributed by atoms with Gasteiger partial charge in [-0.25, -0.2) is 0 Å². The molecule has 0 aromatic carbocycles. The Morgan fingerprint density at radius 1 is 1.43 bits per heavy atom. The summed E-state index contributed by atoms with van der Waals surface area (Å²) >= 11 is 0. The zero-order chi connectivity index (χ0) is 15.4. The first-order chi connectivity index (χ1) is 10.0. The lowest BCUT2D eigenvalue weighted by Gasteiger charge is -2.24. The number of carbonyl (C=O) groups excluding carboxylic acids is 1. The molecule has 5 heteroatoms. The normalized spacial score (nSPS) is 23.1. The minimum Gasteiger partial charge on any atom is -0.396 e. The van der Waals surface area contributed by atoms with E-state index in [0.29, 0.717) is 11.6 Å². The van der Waals surface area contributed by atoms with Gasteiger partial charge in [-0.3, -0.25) is 9.48 Å². The quantitative estimate of drug-likeness (QED) is 0.836. The molecule has 2 atom stereocenters. The van der Waals surface area contributed by atoms with Crippen molar-refractivity contribution >= 4 is 5.91 Å². The minimum atomic E-state index is -0.0813. The van der Waals surface area contributed by atoms with Crippen LogP contribution in [-0.4, -0.2) is 33.4 Å². The fourth-order valence-corrected chi connectivity index (χ4v) is 3.02. The molecule has 1 aromatic rings. The van der Waals surface area contributed by atoms with Gasteiger partial charge in [0.1, 0.15) is 5.69 Å². The Morgan fingerprint density at radius 3 is 2.76 bits per heavy atom. The van der Waals surface area contributed by atoms with Crippen molar-refractivity contribution in [3.8, 4) is 0 Å². The second-order valence-electron chi connectivity index (χ2n) is 6.39. The molecule has 5 nitrogen and oxygen atoms in total. The van der Waals surface area contributed by atoms with E-state index in [2.05, 4.69) is 24.3 Å². The molecule has 1 heterocycles. The second kappa shape index (κ2) is 7.07. The summed E-state index contributed by atoms with van der Waals surface area (Å²) in [6, 6.07) is 1.94. The van der Waals surface area contributed by atoms with Crippen molar-refractivity contribution in [2.24, 2.45) is 13.0 Å². The zero-order valence-electron chi connectivity index (χ0n) is 13.3. The third-order valence-electron chi connectivity index (χ3n) is 4.43. The van der Waals surface area contributed by atoms with Crippen molar-refractivity contribution in [1.82, 2.24) is 15.1 Å². The molecule has 0 saturated heterocycles. The third-order valence-corrected chi connectivity index (χ3v) is 4.43. The molecule has 0 spiro atoms. The van der Waals surface area contributed by atoms with Gasteiger partial charge < -0.3 is 10.4 Å². The Bertz CT molecular complexity index is 482. The molecule has 21 heavy (non-hydrogen) atoms. The fourth-order valence-electron chi connectivity index (χ4n) is 3.02. The second-order valence-corrected chi connectivity index (χ2v) is 6.39. The maximum atomic E-state index is 12.5. The van der Waals surface area contributed by atoms with Crippen molar-refractivity contribution in [1.29, 1.82) is 0 Å². The number of amides is 1. The van der Waals surface area contributed by atoms with Crippen LogP contribution < -0.4 is 5.32 Å². The van der Waals surface area contributed by atoms with E-state index in [9.17, 15) is 9.90 Å². The lowest BCUT2D eigenvalue weighted by atomic mass is 9.95. The molecular formula is C16H27N3O2. The van der Waals surface area contributed by atoms with Crippen LogP contribution in [-0.2, 0) is 7.05 Å². The molecule has 118 valence electrons. The summed E-state index contributed by atoms with van der Waals surface area (Å²) in [5, 5.41) is 17.0. The molecule has 0 aliphatic heterocycles. The Morgan fingerprint density at radius 2 is 2.14 bits per heavy atom. The molecule has 2 rings (SSSR count).